The number of nitrogens with one attached hydrogen (secondary N) is 2. The number of anilines is 2. The van der Waals surface area contributed by atoms with Gasteiger partial charge in [-0.25, -0.2) is 9.37 Å². The van der Waals surface area contributed by atoms with Crippen LogP contribution < -0.4 is 25.9 Å². The smallest absolute Gasteiger partial charge is 0.275 e. The van der Waals surface area contributed by atoms with Crippen LogP contribution in [-0.4, -0.2) is 60.2 Å². The molecular formula is C23H25FN6O3. The predicted octanol–water partition coefficient (Wildman–Crippen LogP) is 2.00. The van der Waals surface area contributed by atoms with Crippen LogP contribution in [0.3, 0.4) is 0 Å². The third-order valence-electron chi connectivity index (χ3n) is 6.18. The molecule has 1 saturated heterocycles. The van der Waals surface area contributed by atoms with E-state index in [9.17, 15) is 9.59 Å². The standard InChI is InChI=1S/C23H25FN6O3/c1-14-13-33-22-19-15(11-17(24)20(22)29-9-7-28(2)8-10-29)21(31)16(12-30(14)19)23(32)27-26-18-5-3-4-6-25-18/h3-6,11-12,14H,7-10,13H2,1-2H3,(H,25,26)(H,27,32)/t14-/m0/s1. The van der Waals surface area contributed by atoms with Crippen molar-refractivity contribution >= 4 is 28.3 Å². The van der Waals surface area contributed by atoms with E-state index in [1.807, 2.05) is 23.4 Å². The number of hydrazine groups is 1. The van der Waals surface area contributed by atoms with Crippen LogP contribution in [-0.2, 0) is 0 Å². The first-order chi connectivity index (χ1) is 15.9. The molecule has 3 aromatic rings. The summed E-state index contributed by atoms with van der Waals surface area (Å²) in [5, 5.41) is 0.123. The number of hydrogen-bond donors (Lipinski definition) is 2. The summed E-state index contributed by atoms with van der Waals surface area (Å²) in [6.45, 7) is 5.18. The van der Waals surface area contributed by atoms with E-state index in [1.54, 1.807) is 24.4 Å². The molecule has 33 heavy (non-hydrogen) atoms. The number of hydrogen-bond acceptors (Lipinski definition) is 7. The van der Waals surface area contributed by atoms with E-state index >= 15 is 4.39 Å². The molecule has 0 unspecified atom stereocenters. The van der Waals surface area contributed by atoms with Gasteiger partial charge in [0.15, 0.2) is 11.6 Å². The molecule has 2 aromatic heterocycles. The van der Waals surface area contributed by atoms with E-state index in [-0.39, 0.29) is 17.0 Å². The highest BCUT2D eigenvalue weighted by Gasteiger charge is 2.31. The van der Waals surface area contributed by atoms with E-state index in [2.05, 4.69) is 20.7 Å². The summed E-state index contributed by atoms with van der Waals surface area (Å²) >= 11 is 0. The Morgan fingerprint density at radius 1 is 1.24 bits per heavy atom. The summed E-state index contributed by atoms with van der Waals surface area (Å²) < 4.78 is 23.2. The molecule has 1 fully saturated rings. The lowest BCUT2D eigenvalue weighted by Gasteiger charge is -2.37. The molecule has 1 atom stereocenters. The van der Waals surface area contributed by atoms with Crippen molar-refractivity contribution in [1.82, 2.24) is 19.9 Å². The first kappa shape index (κ1) is 21.2. The van der Waals surface area contributed by atoms with Gasteiger partial charge in [0.25, 0.3) is 5.91 Å². The van der Waals surface area contributed by atoms with Crippen molar-refractivity contribution in [3.8, 4) is 5.75 Å². The molecule has 1 amide bonds. The van der Waals surface area contributed by atoms with E-state index < -0.39 is 17.2 Å². The number of ether oxygens (including phenoxy) is 1. The number of halogens is 1. The van der Waals surface area contributed by atoms with Gasteiger partial charge < -0.3 is 19.1 Å². The number of aromatic nitrogens is 2. The largest absolute Gasteiger partial charge is 0.487 e. The second kappa shape index (κ2) is 8.36. The zero-order valence-electron chi connectivity index (χ0n) is 18.5. The van der Waals surface area contributed by atoms with Gasteiger partial charge in [-0.1, -0.05) is 6.07 Å². The van der Waals surface area contributed by atoms with Crippen molar-refractivity contribution in [3.63, 3.8) is 0 Å². The molecule has 4 heterocycles. The summed E-state index contributed by atoms with van der Waals surface area (Å²) in [7, 11) is 2.03. The monoisotopic (exact) mass is 452 g/mol. The summed E-state index contributed by atoms with van der Waals surface area (Å²) in [6, 6.07) is 6.29. The van der Waals surface area contributed by atoms with Gasteiger partial charge in [0.1, 0.15) is 23.7 Å². The quantitative estimate of drug-likeness (QED) is 0.585. The molecule has 2 aliphatic heterocycles. The molecule has 1 aromatic carbocycles. The lowest BCUT2D eigenvalue weighted by molar-refractivity contribution is 0.0960. The Bertz CT molecular complexity index is 1270. The molecule has 5 rings (SSSR count). The molecule has 9 nitrogen and oxygen atoms in total. The average Bonchev–Trinajstić information content (AvgIpc) is 2.82. The Morgan fingerprint density at radius 3 is 2.76 bits per heavy atom. The number of amides is 1. The SMILES string of the molecule is C[C@H]1COc2c(N3CCN(C)CC3)c(F)cc3c(=O)c(C(=O)NNc4ccccn4)cn1c23. The highest BCUT2D eigenvalue weighted by atomic mass is 19.1. The van der Waals surface area contributed by atoms with Crippen LogP contribution in [0.1, 0.15) is 23.3 Å². The first-order valence-corrected chi connectivity index (χ1v) is 10.9. The van der Waals surface area contributed by atoms with Crippen LogP contribution in [0.5, 0.6) is 5.75 Å². The van der Waals surface area contributed by atoms with E-state index in [0.717, 1.165) is 13.1 Å². The highest BCUT2D eigenvalue weighted by molar-refractivity contribution is 6.00. The van der Waals surface area contributed by atoms with Crippen LogP contribution in [0.25, 0.3) is 10.9 Å². The van der Waals surface area contributed by atoms with Crippen LogP contribution >= 0.6 is 0 Å². The molecule has 172 valence electrons. The fourth-order valence-corrected chi connectivity index (χ4v) is 4.32. The minimum Gasteiger partial charge on any atom is -0.487 e. The van der Waals surface area contributed by atoms with Crippen molar-refractivity contribution < 1.29 is 13.9 Å². The lowest BCUT2D eigenvalue weighted by atomic mass is 10.0. The van der Waals surface area contributed by atoms with E-state index in [0.29, 0.717) is 42.5 Å². The van der Waals surface area contributed by atoms with Crippen molar-refractivity contribution in [2.24, 2.45) is 0 Å². The molecule has 0 bridgehead atoms. The average molecular weight is 452 g/mol. The van der Waals surface area contributed by atoms with Crippen molar-refractivity contribution in [3.05, 3.63) is 58.3 Å². The van der Waals surface area contributed by atoms with Crippen LogP contribution in [0, 0.1) is 5.82 Å². The molecular weight excluding hydrogens is 427 g/mol. The summed E-state index contributed by atoms with van der Waals surface area (Å²) in [5.41, 5.74) is 5.45. The second-order valence-electron chi connectivity index (χ2n) is 8.46. The zero-order chi connectivity index (χ0) is 23.1. The third kappa shape index (κ3) is 3.76. The maximum absolute atomic E-state index is 15.4. The Labute approximate surface area is 189 Å². The fourth-order valence-electron chi connectivity index (χ4n) is 4.32. The van der Waals surface area contributed by atoms with Gasteiger partial charge in [0.05, 0.1) is 16.9 Å². The second-order valence-corrected chi connectivity index (χ2v) is 8.46. The summed E-state index contributed by atoms with van der Waals surface area (Å²) in [6.07, 6.45) is 3.11. The van der Waals surface area contributed by atoms with Gasteiger partial charge in [0.2, 0.25) is 5.43 Å². The number of carbonyl (C=O) groups excluding carboxylic acids is 1. The van der Waals surface area contributed by atoms with E-state index in [1.165, 1.54) is 12.3 Å². The summed E-state index contributed by atoms with van der Waals surface area (Å²) in [5.74, 6) is -0.354. The molecule has 2 N–H and O–H groups in total. The lowest BCUT2D eigenvalue weighted by Crippen LogP contribution is -2.45. The molecule has 0 saturated carbocycles. The highest BCUT2D eigenvalue weighted by Crippen LogP contribution is 2.42. The Kier molecular flexibility index (Phi) is 5.37. The van der Waals surface area contributed by atoms with Gasteiger partial charge in [-0.05, 0) is 32.2 Å². The number of carbonyl (C=O) groups is 1. The van der Waals surface area contributed by atoms with Gasteiger partial charge in [-0.3, -0.25) is 20.4 Å². The first-order valence-electron chi connectivity index (χ1n) is 10.9. The van der Waals surface area contributed by atoms with E-state index in [4.69, 9.17) is 4.74 Å². The molecule has 0 radical (unpaired) electrons. The predicted molar refractivity (Wildman–Crippen MR) is 123 cm³/mol. The van der Waals surface area contributed by atoms with Crippen molar-refractivity contribution in [2.45, 2.75) is 13.0 Å². The van der Waals surface area contributed by atoms with Crippen molar-refractivity contribution in [1.29, 1.82) is 0 Å². The Hall–Kier alpha value is -3.66. The fraction of sp³-hybridized carbons (Fsp3) is 0.348. The molecule has 2 aliphatic rings. The minimum absolute atomic E-state index is 0.0858. The number of pyridine rings is 2. The molecule has 0 spiro atoms. The number of benzene rings is 1. The Morgan fingerprint density at radius 2 is 2.03 bits per heavy atom. The van der Waals surface area contributed by atoms with Crippen LogP contribution in [0.4, 0.5) is 15.9 Å². The minimum atomic E-state index is -0.625. The third-order valence-corrected chi connectivity index (χ3v) is 6.18. The number of rotatable bonds is 4. The van der Waals surface area contributed by atoms with Gasteiger partial charge >= 0.3 is 0 Å². The number of likely N-dealkylation sites (N-methyl/N-ethyl adjacent to an activating group) is 1. The zero-order valence-corrected chi connectivity index (χ0v) is 18.5. The van der Waals surface area contributed by atoms with Crippen LogP contribution in [0.15, 0.2) is 41.5 Å². The van der Waals surface area contributed by atoms with Crippen molar-refractivity contribution in [2.75, 3.05) is 50.2 Å². The van der Waals surface area contributed by atoms with Gasteiger partial charge in [-0.2, -0.15) is 0 Å². The number of nitrogens with zero attached hydrogens (tertiary/aromatic N) is 4. The maximum Gasteiger partial charge on any atom is 0.275 e. The van der Waals surface area contributed by atoms with Gasteiger partial charge in [-0.15, -0.1) is 0 Å². The maximum atomic E-state index is 15.4. The number of piperazine rings is 1. The molecule has 10 heteroatoms. The Balaban J connectivity index is 1.58. The van der Waals surface area contributed by atoms with Gasteiger partial charge in [0, 0.05) is 38.6 Å². The topological polar surface area (TPSA) is 91.7 Å². The normalized spacial score (nSPS) is 18.2. The summed E-state index contributed by atoms with van der Waals surface area (Å²) in [4.78, 5) is 34.3. The molecule has 0 aliphatic carbocycles. The van der Waals surface area contributed by atoms with Crippen LogP contribution in [0.2, 0.25) is 0 Å².